The van der Waals surface area contributed by atoms with Gasteiger partial charge in [-0.1, -0.05) is 17.7 Å². The molecule has 0 unspecified atom stereocenters. The number of hydrogen-bond donors (Lipinski definition) is 2. The predicted octanol–water partition coefficient (Wildman–Crippen LogP) is 5.12. The molecular formula is C23H28F6N2O2. The van der Waals surface area contributed by atoms with Gasteiger partial charge in [0.15, 0.2) is 0 Å². The van der Waals surface area contributed by atoms with Gasteiger partial charge in [-0.05, 0) is 75.3 Å². The molecule has 1 aromatic rings. The maximum absolute atomic E-state index is 13.8. The number of carbonyl (C=O) groups is 1. The summed E-state index contributed by atoms with van der Waals surface area (Å²) >= 11 is 0. The molecule has 4 aliphatic carbocycles. The molecule has 0 aromatic heterocycles. The smallest absolute Gasteiger partial charge is 0.374 e. The molecule has 0 spiro atoms. The highest BCUT2D eigenvalue weighted by Gasteiger charge is 2.72. The molecule has 4 fully saturated rings. The van der Waals surface area contributed by atoms with Crippen molar-refractivity contribution in [3.63, 3.8) is 0 Å². The number of ether oxygens (including phenoxy) is 1. The van der Waals surface area contributed by atoms with E-state index in [1.54, 1.807) is 18.3 Å². The summed E-state index contributed by atoms with van der Waals surface area (Å²) in [6.45, 7) is 0.562. The Morgan fingerprint density at radius 2 is 1.55 bits per heavy atom. The zero-order valence-electron chi connectivity index (χ0n) is 18.3. The Morgan fingerprint density at radius 3 is 2.03 bits per heavy atom. The lowest BCUT2D eigenvalue weighted by Crippen LogP contribution is -2.75. The van der Waals surface area contributed by atoms with Crippen molar-refractivity contribution in [3.8, 4) is 0 Å². The van der Waals surface area contributed by atoms with Crippen molar-refractivity contribution in [1.29, 1.82) is 0 Å². The number of amides is 1. The lowest BCUT2D eigenvalue weighted by Gasteiger charge is -2.56. The molecule has 33 heavy (non-hydrogen) atoms. The van der Waals surface area contributed by atoms with Crippen LogP contribution in [0.25, 0.3) is 0 Å². The highest BCUT2D eigenvalue weighted by molar-refractivity contribution is 5.95. The van der Waals surface area contributed by atoms with Gasteiger partial charge in [0, 0.05) is 12.1 Å². The molecule has 0 radical (unpaired) electrons. The SMILES string of the molecule is Cc1cccc(C(=O)NC(NCCOC23CC4CC(CC(C4)C2)C3)(C(F)(F)F)C(F)(F)F)c1. The Labute approximate surface area is 188 Å². The minimum atomic E-state index is -5.83. The normalized spacial score (nSPS) is 29.4. The summed E-state index contributed by atoms with van der Waals surface area (Å²) in [5.74, 6) is 0.120. The van der Waals surface area contributed by atoms with Crippen LogP contribution in [-0.4, -0.2) is 42.7 Å². The summed E-state index contributed by atoms with van der Waals surface area (Å²) in [6.07, 6.45) is -5.81. The van der Waals surface area contributed by atoms with Gasteiger partial charge in [0.25, 0.3) is 11.6 Å². The number of halogens is 6. The summed E-state index contributed by atoms with van der Waals surface area (Å²) in [5.41, 5.74) is -4.80. The fourth-order valence-corrected chi connectivity index (χ4v) is 6.29. The van der Waals surface area contributed by atoms with Gasteiger partial charge in [-0.2, -0.15) is 26.3 Å². The van der Waals surface area contributed by atoms with Gasteiger partial charge in [0.1, 0.15) is 0 Å². The first kappa shape index (κ1) is 24.3. The third-order valence-electron chi connectivity index (χ3n) is 7.31. The van der Waals surface area contributed by atoms with E-state index >= 15 is 0 Å². The van der Waals surface area contributed by atoms with E-state index in [1.165, 1.54) is 17.4 Å². The second-order valence-electron chi connectivity index (χ2n) is 9.94. The Hall–Kier alpha value is -1.81. The lowest BCUT2D eigenvalue weighted by molar-refractivity contribution is -0.314. The van der Waals surface area contributed by atoms with E-state index in [0.29, 0.717) is 23.3 Å². The maximum atomic E-state index is 13.8. The van der Waals surface area contributed by atoms with Crippen molar-refractivity contribution >= 4 is 5.91 Å². The highest BCUT2D eigenvalue weighted by atomic mass is 19.4. The van der Waals surface area contributed by atoms with Crippen LogP contribution < -0.4 is 10.6 Å². The van der Waals surface area contributed by atoms with Crippen LogP contribution in [-0.2, 0) is 4.74 Å². The fourth-order valence-electron chi connectivity index (χ4n) is 6.29. The van der Waals surface area contributed by atoms with Gasteiger partial charge in [-0.15, -0.1) is 0 Å². The highest BCUT2D eigenvalue weighted by Crippen LogP contribution is 2.57. The van der Waals surface area contributed by atoms with Crippen LogP contribution in [0.15, 0.2) is 24.3 Å². The molecule has 0 atom stereocenters. The standard InChI is InChI=1S/C23H28F6N2O2/c1-14-3-2-4-18(7-14)19(32)31-21(22(24,25)26,23(27,28)29)30-5-6-33-20-11-15-8-16(12-20)10-17(9-15)13-20/h2-4,7,15-17,30H,5-6,8-13H2,1H3,(H,31,32). The van der Waals surface area contributed by atoms with Crippen LogP contribution in [0.2, 0.25) is 0 Å². The molecule has 10 heteroatoms. The lowest BCUT2D eigenvalue weighted by atomic mass is 9.54. The molecule has 4 saturated carbocycles. The van der Waals surface area contributed by atoms with E-state index in [-0.39, 0.29) is 12.2 Å². The summed E-state index contributed by atoms with van der Waals surface area (Å²) in [7, 11) is 0. The minimum absolute atomic E-state index is 0.292. The van der Waals surface area contributed by atoms with Gasteiger partial charge in [-0.3, -0.25) is 10.1 Å². The molecule has 4 aliphatic rings. The Morgan fingerprint density at radius 1 is 1.00 bits per heavy atom. The predicted molar refractivity (Wildman–Crippen MR) is 108 cm³/mol. The van der Waals surface area contributed by atoms with Gasteiger partial charge in [0.2, 0.25) is 0 Å². The molecule has 4 nitrogen and oxygen atoms in total. The summed E-state index contributed by atoms with van der Waals surface area (Å²) in [6, 6.07) is 5.36. The first-order valence-corrected chi connectivity index (χ1v) is 11.2. The molecule has 0 aliphatic heterocycles. The number of carbonyl (C=O) groups excluding carboxylic acids is 1. The zero-order valence-corrected chi connectivity index (χ0v) is 18.3. The van der Waals surface area contributed by atoms with Crippen molar-refractivity contribution in [1.82, 2.24) is 10.6 Å². The van der Waals surface area contributed by atoms with Crippen molar-refractivity contribution in [3.05, 3.63) is 35.4 Å². The topological polar surface area (TPSA) is 50.4 Å². The van der Waals surface area contributed by atoms with Gasteiger partial charge >= 0.3 is 12.4 Å². The van der Waals surface area contributed by atoms with Crippen LogP contribution in [0, 0.1) is 24.7 Å². The van der Waals surface area contributed by atoms with Gasteiger partial charge in [0.05, 0.1) is 12.2 Å². The number of aryl methyl sites for hydroxylation is 1. The number of rotatable bonds is 7. The van der Waals surface area contributed by atoms with Crippen molar-refractivity contribution in [2.45, 2.75) is 69.1 Å². The van der Waals surface area contributed by atoms with E-state index in [4.69, 9.17) is 4.74 Å². The van der Waals surface area contributed by atoms with E-state index < -0.39 is 36.1 Å². The summed E-state index contributed by atoms with van der Waals surface area (Å²) in [4.78, 5) is 12.4. The van der Waals surface area contributed by atoms with E-state index in [0.717, 1.165) is 44.6 Å². The van der Waals surface area contributed by atoms with Crippen LogP contribution in [0.1, 0.15) is 54.4 Å². The van der Waals surface area contributed by atoms with Crippen LogP contribution >= 0.6 is 0 Å². The molecule has 1 amide bonds. The second kappa shape index (κ2) is 8.45. The summed E-state index contributed by atoms with van der Waals surface area (Å²) in [5, 5.41) is 2.75. The minimum Gasteiger partial charge on any atom is -0.374 e. The average Bonchev–Trinajstić information content (AvgIpc) is 2.67. The number of nitrogens with one attached hydrogen (secondary N) is 2. The molecule has 2 N–H and O–H groups in total. The van der Waals surface area contributed by atoms with Crippen LogP contribution in [0.3, 0.4) is 0 Å². The van der Waals surface area contributed by atoms with E-state index in [2.05, 4.69) is 0 Å². The zero-order chi connectivity index (χ0) is 24.1. The van der Waals surface area contributed by atoms with Crippen molar-refractivity contribution in [2.75, 3.05) is 13.2 Å². The maximum Gasteiger partial charge on any atom is 0.434 e. The number of benzene rings is 1. The van der Waals surface area contributed by atoms with Gasteiger partial charge < -0.3 is 10.1 Å². The van der Waals surface area contributed by atoms with Crippen molar-refractivity contribution in [2.24, 2.45) is 17.8 Å². The number of alkyl halides is 6. The fraction of sp³-hybridized carbons (Fsp3) is 0.696. The first-order chi connectivity index (χ1) is 15.3. The third-order valence-corrected chi connectivity index (χ3v) is 7.31. The summed E-state index contributed by atoms with van der Waals surface area (Å²) < 4.78 is 88.9. The Kier molecular flexibility index (Phi) is 6.22. The average molecular weight is 478 g/mol. The Balaban J connectivity index is 1.46. The third kappa shape index (κ3) is 4.73. The molecule has 0 saturated heterocycles. The second-order valence-corrected chi connectivity index (χ2v) is 9.94. The Bertz CT molecular complexity index is 833. The van der Waals surface area contributed by atoms with Crippen LogP contribution in [0.5, 0.6) is 0 Å². The van der Waals surface area contributed by atoms with Crippen molar-refractivity contribution < 1.29 is 35.9 Å². The van der Waals surface area contributed by atoms with Gasteiger partial charge in [-0.25, -0.2) is 0 Å². The molecular weight excluding hydrogens is 450 g/mol. The largest absolute Gasteiger partial charge is 0.434 e. The molecule has 184 valence electrons. The molecule has 1 aromatic carbocycles. The first-order valence-electron chi connectivity index (χ1n) is 11.2. The molecule has 0 heterocycles. The van der Waals surface area contributed by atoms with Crippen LogP contribution in [0.4, 0.5) is 26.3 Å². The monoisotopic (exact) mass is 478 g/mol. The van der Waals surface area contributed by atoms with E-state index in [1.807, 2.05) is 0 Å². The molecule has 4 bridgehead atoms. The van der Waals surface area contributed by atoms with E-state index in [9.17, 15) is 31.1 Å². The number of hydrogen-bond acceptors (Lipinski definition) is 3. The molecule has 5 rings (SSSR count). The quantitative estimate of drug-likeness (QED) is 0.325.